The minimum Gasteiger partial charge on any atom is -0.341 e. The van der Waals surface area contributed by atoms with E-state index < -0.39 is 5.54 Å². The van der Waals surface area contributed by atoms with Crippen LogP contribution in [0.1, 0.15) is 40.0 Å². The average Bonchev–Trinajstić information content (AvgIpc) is 2.15. The summed E-state index contributed by atoms with van der Waals surface area (Å²) < 4.78 is 0. The van der Waals surface area contributed by atoms with Crippen molar-refractivity contribution in [1.29, 1.82) is 0 Å². The van der Waals surface area contributed by atoms with Crippen molar-refractivity contribution in [3.63, 3.8) is 0 Å². The number of hydrogen-bond donors (Lipinski definition) is 1. The van der Waals surface area contributed by atoms with Gasteiger partial charge in [0, 0.05) is 13.1 Å². The molecule has 1 fully saturated rings. The molecule has 1 saturated heterocycles. The van der Waals surface area contributed by atoms with Crippen LogP contribution in [-0.2, 0) is 4.79 Å². The fourth-order valence-corrected chi connectivity index (χ4v) is 1.95. The highest BCUT2D eigenvalue weighted by molar-refractivity contribution is 5.85. The van der Waals surface area contributed by atoms with Crippen LogP contribution in [-0.4, -0.2) is 29.4 Å². The van der Waals surface area contributed by atoms with Gasteiger partial charge in [0.15, 0.2) is 0 Å². The molecule has 1 rings (SSSR count). The minimum absolute atomic E-state index is 0.0899. The maximum atomic E-state index is 11.8. The van der Waals surface area contributed by atoms with Crippen LogP contribution in [0.3, 0.4) is 0 Å². The Kier molecular flexibility index (Phi) is 3.53. The molecule has 2 N–H and O–H groups in total. The Morgan fingerprint density at radius 1 is 1.43 bits per heavy atom. The number of amides is 1. The van der Waals surface area contributed by atoms with Gasteiger partial charge in [-0.15, -0.1) is 0 Å². The van der Waals surface area contributed by atoms with E-state index in [2.05, 4.69) is 6.92 Å². The number of rotatable bonds is 2. The smallest absolute Gasteiger partial charge is 0.242 e. The molecule has 14 heavy (non-hydrogen) atoms. The zero-order chi connectivity index (χ0) is 10.8. The molecule has 0 aromatic carbocycles. The van der Waals surface area contributed by atoms with Crippen LogP contribution >= 0.6 is 0 Å². The van der Waals surface area contributed by atoms with E-state index in [4.69, 9.17) is 5.73 Å². The van der Waals surface area contributed by atoms with Crippen LogP contribution < -0.4 is 5.73 Å². The number of nitrogens with zero attached hydrogens (tertiary/aromatic N) is 1. The van der Waals surface area contributed by atoms with Gasteiger partial charge in [-0.3, -0.25) is 4.79 Å². The van der Waals surface area contributed by atoms with Gasteiger partial charge < -0.3 is 10.6 Å². The third-order valence-electron chi connectivity index (χ3n) is 3.03. The Balaban J connectivity index is 2.46. The second-order valence-electron chi connectivity index (χ2n) is 4.87. The van der Waals surface area contributed by atoms with E-state index >= 15 is 0 Å². The fourth-order valence-electron chi connectivity index (χ4n) is 1.95. The molecule has 3 heteroatoms. The third-order valence-corrected chi connectivity index (χ3v) is 3.03. The summed E-state index contributed by atoms with van der Waals surface area (Å²) in [7, 11) is 0. The summed E-state index contributed by atoms with van der Waals surface area (Å²) in [6, 6.07) is 0. The van der Waals surface area contributed by atoms with Gasteiger partial charge in [0.25, 0.3) is 0 Å². The number of likely N-dealkylation sites (tertiary alicyclic amines) is 1. The van der Waals surface area contributed by atoms with Crippen molar-refractivity contribution >= 4 is 5.91 Å². The predicted octanol–water partition coefficient (Wildman–Crippen LogP) is 1.37. The largest absolute Gasteiger partial charge is 0.341 e. The molecule has 0 radical (unpaired) electrons. The average molecular weight is 198 g/mol. The maximum absolute atomic E-state index is 11.8. The van der Waals surface area contributed by atoms with E-state index in [0.29, 0.717) is 0 Å². The van der Waals surface area contributed by atoms with E-state index in [0.717, 1.165) is 31.8 Å². The number of hydrogen-bond acceptors (Lipinski definition) is 2. The second kappa shape index (κ2) is 4.30. The monoisotopic (exact) mass is 198 g/mol. The van der Waals surface area contributed by atoms with E-state index in [9.17, 15) is 4.79 Å². The highest BCUT2D eigenvalue weighted by Gasteiger charge is 2.30. The van der Waals surface area contributed by atoms with Crippen LogP contribution in [0.5, 0.6) is 0 Å². The molecule has 0 spiro atoms. The van der Waals surface area contributed by atoms with Gasteiger partial charge in [0.1, 0.15) is 0 Å². The molecular formula is C11H22N2O. The van der Waals surface area contributed by atoms with Crippen molar-refractivity contribution < 1.29 is 4.79 Å². The van der Waals surface area contributed by atoms with Crippen molar-refractivity contribution in [2.75, 3.05) is 13.1 Å². The first kappa shape index (κ1) is 11.5. The summed E-state index contributed by atoms with van der Waals surface area (Å²) in [5.41, 5.74) is 5.08. The predicted molar refractivity (Wildman–Crippen MR) is 57.9 cm³/mol. The molecule has 3 nitrogen and oxygen atoms in total. The second-order valence-corrected chi connectivity index (χ2v) is 4.87. The van der Waals surface area contributed by atoms with Gasteiger partial charge in [-0.25, -0.2) is 0 Å². The molecule has 1 heterocycles. The van der Waals surface area contributed by atoms with Crippen LogP contribution in [0.4, 0.5) is 0 Å². The molecule has 0 aliphatic carbocycles. The Labute approximate surface area is 86.6 Å². The first-order valence-corrected chi connectivity index (χ1v) is 5.53. The quantitative estimate of drug-likeness (QED) is 0.728. The molecular weight excluding hydrogens is 176 g/mol. The van der Waals surface area contributed by atoms with Crippen LogP contribution in [0, 0.1) is 5.92 Å². The van der Waals surface area contributed by atoms with Crippen molar-refractivity contribution in [3.8, 4) is 0 Å². The lowest BCUT2D eigenvalue weighted by atomic mass is 9.93. The minimum atomic E-state index is -0.709. The van der Waals surface area contributed by atoms with Gasteiger partial charge >= 0.3 is 0 Å². The SMILES string of the molecule is CCC1CCN(C(=O)C(C)(C)N)CC1. The first-order valence-electron chi connectivity index (χ1n) is 5.53. The number of carbonyl (C=O) groups excluding carboxylic acids is 1. The number of nitrogens with two attached hydrogens (primary N) is 1. The van der Waals surface area contributed by atoms with Crippen molar-refractivity contribution in [1.82, 2.24) is 4.90 Å². The molecule has 0 aromatic heterocycles. The van der Waals surface area contributed by atoms with E-state index in [-0.39, 0.29) is 5.91 Å². The fraction of sp³-hybridized carbons (Fsp3) is 0.909. The van der Waals surface area contributed by atoms with Crippen molar-refractivity contribution in [2.45, 2.75) is 45.6 Å². The number of piperidine rings is 1. The highest BCUT2D eigenvalue weighted by Crippen LogP contribution is 2.21. The molecule has 0 atom stereocenters. The molecule has 1 amide bonds. The van der Waals surface area contributed by atoms with Gasteiger partial charge in [-0.05, 0) is 32.6 Å². The van der Waals surface area contributed by atoms with Gasteiger partial charge in [-0.1, -0.05) is 13.3 Å². The zero-order valence-corrected chi connectivity index (χ0v) is 9.55. The summed E-state index contributed by atoms with van der Waals surface area (Å²) in [6.07, 6.45) is 3.50. The van der Waals surface area contributed by atoms with E-state index in [1.54, 1.807) is 13.8 Å². The Hall–Kier alpha value is -0.570. The first-order chi connectivity index (χ1) is 6.45. The normalized spacial score (nSPS) is 19.9. The van der Waals surface area contributed by atoms with Crippen molar-refractivity contribution in [2.24, 2.45) is 11.7 Å². The summed E-state index contributed by atoms with van der Waals surface area (Å²) in [5, 5.41) is 0. The van der Waals surface area contributed by atoms with Gasteiger partial charge in [-0.2, -0.15) is 0 Å². The standard InChI is InChI=1S/C11H22N2O/c1-4-9-5-7-13(8-6-9)10(14)11(2,3)12/h9H,4-8,12H2,1-3H3. The topological polar surface area (TPSA) is 46.3 Å². The molecule has 1 aliphatic rings. The number of carbonyl (C=O) groups is 1. The zero-order valence-electron chi connectivity index (χ0n) is 9.55. The Morgan fingerprint density at radius 3 is 2.29 bits per heavy atom. The summed E-state index contributed by atoms with van der Waals surface area (Å²) in [6.45, 7) is 7.55. The lowest BCUT2D eigenvalue weighted by Crippen LogP contribution is -2.53. The summed E-state index contributed by atoms with van der Waals surface area (Å²) in [5.74, 6) is 0.895. The lowest BCUT2D eigenvalue weighted by Gasteiger charge is -2.35. The van der Waals surface area contributed by atoms with Gasteiger partial charge in [0.2, 0.25) is 5.91 Å². The highest BCUT2D eigenvalue weighted by atomic mass is 16.2. The Morgan fingerprint density at radius 2 is 1.93 bits per heavy atom. The molecule has 0 saturated carbocycles. The molecule has 82 valence electrons. The van der Waals surface area contributed by atoms with Crippen molar-refractivity contribution in [3.05, 3.63) is 0 Å². The lowest BCUT2D eigenvalue weighted by molar-refractivity contribution is -0.137. The summed E-state index contributed by atoms with van der Waals surface area (Å²) in [4.78, 5) is 13.7. The van der Waals surface area contributed by atoms with Crippen LogP contribution in [0.25, 0.3) is 0 Å². The van der Waals surface area contributed by atoms with E-state index in [1.165, 1.54) is 6.42 Å². The molecule has 0 bridgehead atoms. The maximum Gasteiger partial charge on any atom is 0.242 e. The summed E-state index contributed by atoms with van der Waals surface area (Å²) >= 11 is 0. The van der Waals surface area contributed by atoms with Crippen LogP contribution in [0.2, 0.25) is 0 Å². The molecule has 0 unspecified atom stereocenters. The Bertz CT molecular complexity index is 200. The molecule has 0 aromatic rings. The molecule has 1 aliphatic heterocycles. The third kappa shape index (κ3) is 2.71. The van der Waals surface area contributed by atoms with Crippen LogP contribution in [0.15, 0.2) is 0 Å². The van der Waals surface area contributed by atoms with Gasteiger partial charge in [0.05, 0.1) is 5.54 Å². The van der Waals surface area contributed by atoms with E-state index in [1.807, 2.05) is 4.90 Å².